The molecule has 3 heterocycles. The second-order valence-corrected chi connectivity index (χ2v) is 9.18. The minimum atomic E-state index is -0.206. The van der Waals surface area contributed by atoms with Gasteiger partial charge in [0.05, 0.1) is 19.9 Å². The number of carbonyl (C=O) groups excluding carboxylic acids is 1. The van der Waals surface area contributed by atoms with Crippen LogP contribution in [0.1, 0.15) is 16.1 Å². The van der Waals surface area contributed by atoms with Gasteiger partial charge in [0, 0.05) is 49.9 Å². The van der Waals surface area contributed by atoms with E-state index in [0.29, 0.717) is 59.7 Å². The van der Waals surface area contributed by atoms with E-state index in [1.54, 1.807) is 26.4 Å². The number of piperazine rings is 1. The molecule has 10 heteroatoms. The molecule has 0 N–H and O–H groups in total. The van der Waals surface area contributed by atoms with E-state index in [2.05, 4.69) is 10.00 Å². The molecule has 180 valence electrons. The van der Waals surface area contributed by atoms with Crippen LogP contribution in [0.4, 0.5) is 0 Å². The lowest BCUT2D eigenvalue weighted by atomic mass is 10.1. The summed E-state index contributed by atoms with van der Waals surface area (Å²) in [6.45, 7) is 3.16. The molecule has 1 saturated heterocycles. The minimum Gasteiger partial charge on any atom is -0.497 e. The van der Waals surface area contributed by atoms with Crippen molar-refractivity contribution < 1.29 is 14.3 Å². The molecular formula is C25H25N5O4S. The summed E-state index contributed by atoms with van der Waals surface area (Å²) in [4.78, 5) is 34.9. The Morgan fingerprint density at radius 2 is 1.69 bits per heavy atom. The third-order valence-electron chi connectivity index (χ3n) is 5.98. The summed E-state index contributed by atoms with van der Waals surface area (Å²) < 4.78 is 11.9. The second-order valence-electron chi connectivity index (χ2n) is 8.22. The first-order chi connectivity index (χ1) is 17.0. The molecule has 4 aromatic rings. The number of rotatable bonds is 6. The first-order valence-corrected chi connectivity index (χ1v) is 12.1. The number of hydrogen-bond acceptors (Lipinski definition) is 8. The van der Waals surface area contributed by atoms with Crippen molar-refractivity contribution in [1.29, 1.82) is 0 Å². The number of nitrogens with zero attached hydrogens (tertiary/aromatic N) is 5. The Labute approximate surface area is 206 Å². The van der Waals surface area contributed by atoms with Crippen LogP contribution >= 0.6 is 11.3 Å². The van der Waals surface area contributed by atoms with Gasteiger partial charge in [0.2, 0.25) is 4.96 Å². The van der Waals surface area contributed by atoms with Gasteiger partial charge in [0.25, 0.3) is 11.5 Å². The molecular weight excluding hydrogens is 466 g/mol. The predicted octanol–water partition coefficient (Wildman–Crippen LogP) is 2.79. The van der Waals surface area contributed by atoms with E-state index in [-0.39, 0.29) is 11.5 Å². The number of hydrogen-bond donors (Lipinski definition) is 0. The van der Waals surface area contributed by atoms with Gasteiger partial charge in [-0.25, -0.2) is 4.98 Å². The van der Waals surface area contributed by atoms with Crippen LogP contribution in [0.5, 0.6) is 11.5 Å². The average molecular weight is 492 g/mol. The van der Waals surface area contributed by atoms with Crippen molar-refractivity contribution >= 4 is 22.2 Å². The van der Waals surface area contributed by atoms with E-state index in [4.69, 9.17) is 14.5 Å². The molecule has 1 aliphatic heterocycles. The summed E-state index contributed by atoms with van der Waals surface area (Å²) in [5, 5.41) is 5.16. The average Bonchev–Trinajstić information content (AvgIpc) is 3.34. The summed E-state index contributed by atoms with van der Waals surface area (Å²) in [7, 11) is 3.20. The summed E-state index contributed by atoms with van der Waals surface area (Å²) >= 11 is 1.37. The van der Waals surface area contributed by atoms with E-state index in [0.717, 1.165) is 11.3 Å². The molecule has 0 saturated carbocycles. The number of aromatic nitrogens is 3. The van der Waals surface area contributed by atoms with Gasteiger partial charge in [0.1, 0.15) is 16.5 Å². The van der Waals surface area contributed by atoms with Gasteiger partial charge >= 0.3 is 0 Å². The Hall–Kier alpha value is -3.76. The zero-order valence-electron chi connectivity index (χ0n) is 19.5. The van der Waals surface area contributed by atoms with Gasteiger partial charge in [-0.3, -0.25) is 14.5 Å². The predicted molar refractivity (Wildman–Crippen MR) is 133 cm³/mol. The van der Waals surface area contributed by atoms with Crippen molar-refractivity contribution in [3.63, 3.8) is 0 Å². The van der Waals surface area contributed by atoms with E-state index >= 15 is 0 Å². The normalized spacial score (nSPS) is 14.3. The lowest BCUT2D eigenvalue weighted by Gasteiger charge is -2.34. The van der Waals surface area contributed by atoms with Crippen molar-refractivity contribution in [2.45, 2.75) is 6.54 Å². The third-order valence-corrected chi connectivity index (χ3v) is 6.93. The maximum absolute atomic E-state index is 12.9. The Balaban J connectivity index is 1.27. The Kier molecular flexibility index (Phi) is 6.47. The van der Waals surface area contributed by atoms with Crippen LogP contribution in [0.2, 0.25) is 0 Å². The maximum atomic E-state index is 12.9. The van der Waals surface area contributed by atoms with Crippen molar-refractivity contribution in [1.82, 2.24) is 24.4 Å². The van der Waals surface area contributed by atoms with Crippen LogP contribution in [-0.2, 0) is 6.54 Å². The fraction of sp³-hybridized carbons (Fsp3) is 0.280. The standard InChI is InChI=1S/C25H25N5O4S/c1-33-20-7-3-5-17(13-20)23-27-30-22(31)15-19(26-25(30)35-23)16-28-9-11-29(12-10-28)24(32)18-6-4-8-21(14-18)34-2/h3-8,13-15H,9-12,16H2,1-2H3. The highest BCUT2D eigenvalue weighted by Crippen LogP contribution is 2.27. The van der Waals surface area contributed by atoms with E-state index in [1.807, 2.05) is 41.3 Å². The number of benzene rings is 2. The second kappa shape index (κ2) is 9.85. The molecule has 9 nitrogen and oxygen atoms in total. The number of fused-ring (bicyclic) bond motifs is 1. The first-order valence-electron chi connectivity index (χ1n) is 11.2. The van der Waals surface area contributed by atoms with E-state index in [1.165, 1.54) is 21.9 Å². The summed E-state index contributed by atoms with van der Waals surface area (Å²) in [5.74, 6) is 1.39. The van der Waals surface area contributed by atoms with Crippen molar-refractivity contribution in [2.75, 3.05) is 40.4 Å². The fourth-order valence-electron chi connectivity index (χ4n) is 4.09. The first kappa shape index (κ1) is 23.0. The molecule has 0 radical (unpaired) electrons. The highest BCUT2D eigenvalue weighted by molar-refractivity contribution is 7.19. The molecule has 35 heavy (non-hydrogen) atoms. The quantitative estimate of drug-likeness (QED) is 0.410. The van der Waals surface area contributed by atoms with E-state index < -0.39 is 0 Å². The highest BCUT2D eigenvalue weighted by Gasteiger charge is 2.23. The fourth-order valence-corrected chi connectivity index (χ4v) is 5.01. The molecule has 2 aromatic heterocycles. The van der Waals surface area contributed by atoms with Crippen molar-refractivity contribution in [3.8, 4) is 22.1 Å². The van der Waals surface area contributed by atoms with Gasteiger partial charge in [-0.15, -0.1) is 0 Å². The SMILES string of the molecule is COc1cccc(C(=O)N2CCN(Cc3cc(=O)n4nc(-c5cccc(OC)c5)sc4n3)CC2)c1. The van der Waals surface area contributed by atoms with Crippen molar-refractivity contribution in [2.24, 2.45) is 0 Å². The maximum Gasteiger partial charge on any atom is 0.275 e. The van der Waals surface area contributed by atoms with Gasteiger partial charge in [-0.2, -0.15) is 9.61 Å². The lowest BCUT2D eigenvalue weighted by Crippen LogP contribution is -2.48. The number of amides is 1. The molecule has 0 unspecified atom stereocenters. The molecule has 1 fully saturated rings. The number of carbonyl (C=O) groups is 1. The molecule has 0 bridgehead atoms. The summed E-state index contributed by atoms with van der Waals surface area (Å²) in [5.41, 5.74) is 1.98. The summed E-state index contributed by atoms with van der Waals surface area (Å²) in [6, 6.07) is 16.3. The minimum absolute atomic E-state index is 0.00364. The Morgan fingerprint density at radius 1 is 0.971 bits per heavy atom. The Bertz CT molecular complexity index is 1420. The zero-order chi connectivity index (χ0) is 24.4. The molecule has 1 aliphatic rings. The molecule has 0 spiro atoms. The molecule has 0 aliphatic carbocycles. The monoisotopic (exact) mass is 491 g/mol. The van der Waals surface area contributed by atoms with Crippen LogP contribution < -0.4 is 15.0 Å². The van der Waals surface area contributed by atoms with E-state index in [9.17, 15) is 9.59 Å². The Morgan fingerprint density at radius 3 is 2.43 bits per heavy atom. The van der Waals surface area contributed by atoms with Gasteiger partial charge in [0.15, 0.2) is 0 Å². The molecule has 5 rings (SSSR count). The van der Waals surface area contributed by atoms with Crippen LogP contribution in [0.25, 0.3) is 15.5 Å². The highest BCUT2D eigenvalue weighted by atomic mass is 32.1. The molecule has 2 aromatic carbocycles. The number of ether oxygens (including phenoxy) is 2. The zero-order valence-corrected chi connectivity index (χ0v) is 20.3. The summed E-state index contributed by atoms with van der Waals surface area (Å²) in [6.07, 6.45) is 0. The lowest BCUT2D eigenvalue weighted by molar-refractivity contribution is 0.0626. The van der Waals surface area contributed by atoms with Gasteiger partial charge in [-0.05, 0) is 30.3 Å². The van der Waals surface area contributed by atoms with Crippen LogP contribution in [-0.4, -0.2) is 70.7 Å². The van der Waals surface area contributed by atoms with Crippen LogP contribution in [0, 0.1) is 0 Å². The van der Waals surface area contributed by atoms with Crippen molar-refractivity contribution in [3.05, 3.63) is 76.2 Å². The molecule has 1 amide bonds. The van der Waals surface area contributed by atoms with Gasteiger partial charge in [-0.1, -0.05) is 29.5 Å². The van der Waals surface area contributed by atoms with Crippen LogP contribution in [0.15, 0.2) is 59.4 Å². The molecule has 0 atom stereocenters. The topological polar surface area (TPSA) is 89.3 Å². The van der Waals surface area contributed by atoms with Gasteiger partial charge < -0.3 is 14.4 Å². The number of methoxy groups -OCH3 is 2. The largest absolute Gasteiger partial charge is 0.497 e. The van der Waals surface area contributed by atoms with Crippen LogP contribution in [0.3, 0.4) is 0 Å². The third kappa shape index (κ3) is 4.89. The smallest absolute Gasteiger partial charge is 0.275 e.